The highest BCUT2D eigenvalue weighted by molar-refractivity contribution is 7.92. The van der Waals surface area contributed by atoms with Crippen molar-refractivity contribution in [3.63, 3.8) is 0 Å². The van der Waals surface area contributed by atoms with Gasteiger partial charge in [0, 0.05) is 18.9 Å². The molecule has 0 atom stereocenters. The van der Waals surface area contributed by atoms with E-state index in [0.717, 1.165) is 11.1 Å². The lowest BCUT2D eigenvalue weighted by molar-refractivity contribution is -0.125. The fraction of sp³-hybridized carbons (Fsp3) is 0.222. The summed E-state index contributed by atoms with van der Waals surface area (Å²) in [6, 6.07) is 14.6. The molecule has 2 aromatic heterocycles. The second kappa shape index (κ2) is 8.65. The van der Waals surface area contributed by atoms with Crippen LogP contribution in [-0.2, 0) is 26.2 Å². The number of carbonyl (C=O) groups is 1. The zero-order chi connectivity index (χ0) is 19.1. The molecule has 27 heavy (non-hydrogen) atoms. The molecule has 9 heteroatoms. The Kier molecular flexibility index (Phi) is 6.05. The van der Waals surface area contributed by atoms with Crippen molar-refractivity contribution < 1.29 is 17.9 Å². The van der Waals surface area contributed by atoms with E-state index in [2.05, 4.69) is 15.1 Å². The molecule has 3 rings (SSSR count). The van der Waals surface area contributed by atoms with Gasteiger partial charge in [-0.15, -0.1) is 0 Å². The molecule has 2 heterocycles. The normalized spacial score (nSPS) is 11.4. The molecule has 0 spiro atoms. The molecule has 0 aliphatic carbocycles. The maximum atomic E-state index is 12.1. The van der Waals surface area contributed by atoms with Crippen LogP contribution >= 0.6 is 0 Å². The van der Waals surface area contributed by atoms with Crippen molar-refractivity contribution >= 4 is 27.1 Å². The number of aromatic nitrogens is 2. The molecule has 1 aromatic carbocycles. The van der Waals surface area contributed by atoms with E-state index in [1.165, 1.54) is 0 Å². The Balaban J connectivity index is 1.39. The molecule has 0 saturated heterocycles. The quantitative estimate of drug-likeness (QED) is 0.577. The van der Waals surface area contributed by atoms with Crippen LogP contribution in [0, 0.1) is 0 Å². The van der Waals surface area contributed by atoms with E-state index < -0.39 is 10.0 Å². The molecular formula is C18H20N4O4S. The van der Waals surface area contributed by atoms with Gasteiger partial charge in [0.05, 0.1) is 23.6 Å². The van der Waals surface area contributed by atoms with Gasteiger partial charge >= 0.3 is 0 Å². The highest BCUT2D eigenvalue weighted by atomic mass is 32.2. The molecule has 8 nitrogen and oxygen atoms in total. The first-order chi connectivity index (χ1) is 13.0. The minimum Gasteiger partial charge on any atom is -0.367 e. The number of amides is 1. The predicted molar refractivity (Wildman–Crippen MR) is 102 cm³/mol. The number of ether oxygens (including phenoxy) is 1. The lowest BCUT2D eigenvalue weighted by atomic mass is 10.2. The van der Waals surface area contributed by atoms with Gasteiger partial charge in [-0.25, -0.2) is 12.9 Å². The molecule has 0 aliphatic rings. The summed E-state index contributed by atoms with van der Waals surface area (Å²) >= 11 is 0. The van der Waals surface area contributed by atoms with Crippen molar-refractivity contribution in [2.24, 2.45) is 0 Å². The van der Waals surface area contributed by atoms with E-state index in [4.69, 9.17) is 4.74 Å². The highest BCUT2D eigenvalue weighted by Crippen LogP contribution is 2.12. The molecule has 3 aromatic rings. The molecule has 0 radical (unpaired) electrons. The number of fused-ring (bicyclic) bond motifs is 1. The van der Waals surface area contributed by atoms with Crippen LogP contribution in [0.4, 0.5) is 5.69 Å². The van der Waals surface area contributed by atoms with Gasteiger partial charge in [0.1, 0.15) is 6.61 Å². The van der Waals surface area contributed by atoms with Crippen molar-refractivity contribution in [3.05, 3.63) is 66.5 Å². The summed E-state index contributed by atoms with van der Waals surface area (Å²) in [4.78, 5) is 11.7. The zero-order valence-corrected chi connectivity index (χ0v) is 15.4. The summed E-state index contributed by atoms with van der Waals surface area (Å²) in [5.74, 6) is -0.594. The molecule has 0 fully saturated rings. The van der Waals surface area contributed by atoms with E-state index in [1.807, 2.05) is 30.3 Å². The largest absolute Gasteiger partial charge is 0.367 e. The van der Waals surface area contributed by atoms with Gasteiger partial charge in [0.25, 0.3) is 0 Å². The van der Waals surface area contributed by atoms with Crippen LogP contribution in [0.25, 0.3) is 5.52 Å². The molecule has 0 unspecified atom stereocenters. The average molecular weight is 388 g/mol. The summed E-state index contributed by atoms with van der Waals surface area (Å²) < 4.78 is 33.7. The van der Waals surface area contributed by atoms with Crippen LogP contribution in [0.5, 0.6) is 0 Å². The number of hydrogen-bond acceptors (Lipinski definition) is 5. The van der Waals surface area contributed by atoms with Gasteiger partial charge in [-0.2, -0.15) is 5.10 Å². The third-order valence-corrected chi connectivity index (χ3v) is 5.00. The predicted octanol–water partition coefficient (Wildman–Crippen LogP) is 1.41. The first-order valence-corrected chi connectivity index (χ1v) is 9.99. The molecular weight excluding hydrogens is 368 g/mol. The number of nitrogens with zero attached hydrogens (tertiary/aromatic N) is 2. The maximum absolute atomic E-state index is 12.1. The topological polar surface area (TPSA) is 102 Å². The number of carbonyl (C=O) groups excluding carboxylic acids is 1. The van der Waals surface area contributed by atoms with Gasteiger partial charge in [-0.3, -0.25) is 9.52 Å². The number of sulfonamides is 1. The smallest absolute Gasteiger partial charge is 0.246 e. The van der Waals surface area contributed by atoms with Crippen molar-refractivity contribution in [2.75, 3.05) is 23.6 Å². The number of nitrogens with one attached hydrogen (secondary N) is 2. The SMILES string of the molecule is O=C(COCc1ccccc1)NCCS(=O)(=O)Nc1ccn2nccc2c1. The van der Waals surface area contributed by atoms with Crippen LogP contribution in [0.1, 0.15) is 5.56 Å². The summed E-state index contributed by atoms with van der Waals surface area (Å²) in [7, 11) is -3.58. The Hall–Kier alpha value is -2.91. The first kappa shape index (κ1) is 18.9. The van der Waals surface area contributed by atoms with E-state index in [9.17, 15) is 13.2 Å². The van der Waals surface area contributed by atoms with Crippen molar-refractivity contribution in [1.82, 2.24) is 14.9 Å². The number of benzene rings is 1. The van der Waals surface area contributed by atoms with Crippen LogP contribution in [-0.4, -0.2) is 42.8 Å². The zero-order valence-electron chi connectivity index (χ0n) is 14.5. The number of pyridine rings is 1. The number of hydrogen-bond donors (Lipinski definition) is 2. The first-order valence-electron chi connectivity index (χ1n) is 8.34. The standard InChI is InChI=1S/C18H20N4O4S/c23-18(14-26-13-15-4-2-1-3-5-15)19-9-11-27(24,25)21-16-7-10-22-17(12-16)6-8-20-22/h1-8,10,12,21H,9,11,13-14H2,(H,19,23). The lowest BCUT2D eigenvalue weighted by Crippen LogP contribution is -2.33. The van der Waals surface area contributed by atoms with Crippen LogP contribution < -0.4 is 10.0 Å². The monoisotopic (exact) mass is 388 g/mol. The van der Waals surface area contributed by atoms with Crippen LogP contribution in [0.2, 0.25) is 0 Å². The van der Waals surface area contributed by atoms with E-state index >= 15 is 0 Å². The van der Waals surface area contributed by atoms with E-state index in [-0.39, 0.29) is 24.8 Å². The Morgan fingerprint density at radius 1 is 1.15 bits per heavy atom. The number of rotatable bonds is 9. The second-order valence-corrected chi connectivity index (χ2v) is 7.71. The average Bonchev–Trinajstić information content (AvgIpc) is 3.10. The van der Waals surface area contributed by atoms with Crippen molar-refractivity contribution in [2.45, 2.75) is 6.61 Å². The maximum Gasteiger partial charge on any atom is 0.246 e. The Morgan fingerprint density at radius 3 is 2.78 bits per heavy atom. The van der Waals surface area contributed by atoms with E-state index in [0.29, 0.717) is 12.3 Å². The Bertz CT molecular complexity index is 1000. The summed E-state index contributed by atoms with van der Waals surface area (Å²) in [5, 5.41) is 6.59. The molecule has 2 N–H and O–H groups in total. The second-order valence-electron chi connectivity index (χ2n) is 5.87. The summed E-state index contributed by atoms with van der Waals surface area (Å²) in [6.07, 6.45) is 3.29. The fourth-order valence-corrected chi connectivity index (χ4v) is 3.39. The third kappa shape index (κ3) is 5.80. The van der Waals surface area contributed by atoms with E-state index in [1.54, 1.807) is 35.1 Å². The highest BCUT2D eigenvalue weighted by Gasteiger charge is 2.12. The van der Waals surface area contributed by atoms with Gasteiger partial charge in [-0.1, -0.05) is 30.3 Å². The molecule has 0 bridgehead atoms. The lowest BCUT2D eigenvalue weighted by Gasteiger charge is -2.09. The Labute approximate surface area is 157 Å². The van der Waals surface area contributed by atoms with Crippen molar-refractivity contribution in [1.29, 1.82) is 0 Å². The van der Waals surface area contributed by atoms with Gasteiger partial charge in [0.2, 0.25) is 15.9 Å². The molecule has 0 saturated carbocycles. The number of anilines is 1. The van der Waals surface area contributed by atoms with Gasteiger partial charge in [0.15, 0.2) is 0 Å². The van der Waals surface area contributed by atoms with Crippen LogP contribution in [0.15, 0.2) is 60.9 Å². The minimum absolute atomic E-state index is 0.00219. The molecule has 1 amide bonds. The molecule has 0 aliphatic heterocycles. The molecule has 142 valence electrons. The fourth-order valence-electron chi connectivity index (χ4n) is 2.43. The summed E-state index contributed by atoms with van der Waals surface area (Å²) in [6.45, 7) is 0.198. The minimum atomic E-state index is -3.58. The third-order valence-electron chi connectivity index (χ3n) is 3.71. The van der Waals surface area contributed by atoms with Crippen LogP contribution in [0.3, 0.4) is 0 Å². The van der Waals surface area contributed by atoms with Gasteiger partial charge in [-0.05, 0) is 23.8 Å². The Morgan fingerprint density at radius 2 is 1.96 bits per heavy atom. The van der Waals surface area contributed by atoms with Gasteiger partial charge < -0.3 is 10.1 Å². The van der Waals surface area contributed by atoms with Crippen molar-refractivity contribution in [3.8, 4) is 0 Å². The summed E-state index contributed by atoms with van der Waals surface area (Å²) in [5.41, 5.74) is 2.19.